The summed E-state index contributed by atoms with van der Waals surface area (Å²) in [6.07, 6.45) is 3.41. The second-order valence-corrected chi connectivity index (χ2v) is 6.39. The Balaban J connectivity index is 2.33. The Morgan fingerprint density at radius 1 is 1.35 bits per heavy atom. The van der Waals surface area contributed by atoms with Crippen LogP contribution < -0.4 is 5.73 Å². The molecule has 1 saturated heterocycles. The fourth-order valence-electron chi connectivity index (χ4n) is 3.26. The molecule has 0 bridgehead atoms. The maximum atomic E-state index is 13.7. The van der Waals surface area contributed by atoms with Crippen LogP contribution in [0.4, 0.5) is 4.39 Å². The first-order valence-electron chi connectivity index (χ1n) is 7.07. The Hall–Kier alpha value is -0.350. The number of hydrogen-bond donors (Lipinski definition) is 1. The molecule has 2 rings (SSSR count). The van der Waals surface area contributed by atoms with Crippen LogP contribution in [0.5, 0.6) is 0 Å². The summed E-state index contributed by atoms with van der Waals surface area (Å²) >= 11 is 12.0. The number of piperidine rings is 1. The van der Waals surface area contributed by atoms with Crippen molar-refractivity contribution >= 4 is 23.2 Å². The second kappa shape index (κ2) is 6.61. The average Bonchev–Trinajstić information content (AvgIpc) is 2.41. The quantitative estimate of drug-likeness (QED) is 0.837. The standard InChI is InChI=1S/C15H21Cl2FN2/c1-9-4-3-5-11(8-19)20(9)10(2)12-6-15(18)14(17)7-13(12)16/h6-7,9-11H,3-5,8,19H2,1-2H3. The summed E-state index contributed by atoms with van der Waals surface area (Å²) in [7, 11) is 0. The Labute approximate surface area is 130 Å². The van der Waals surface area contributed by atoms with E-state index in [1.807, 2.05) is 0 Å². The van der Waals surface area contributed by atoms with E-state index in [4.69, 9.17) is 28.9 Å². The summed E-state index contributed by atoms with van der Waals surface area (Å²) in [5, 5.41) is 0.575. The van der Waals surface area contributed by atoms with Gasteiger partial charge in [0.2, 0.25) is 0 Å². The predicted octanol–water partition coefficient (Wildman–Crippen LogP) is 4.40. The lowest BCUT2D eigenvalue weighted by Crippen LogP contribution is -2.49. The fourth-order valence-corrected chi connectivity index (χ4v) is 3.80. The Kier molecular flexibility index (Phi) is 5.30. The van der Waals surface area contributed by atoms with Crippen molar-refractivity contribution in [3.63, 3.8) is 0 Å². The monoisotopic (exact) mass is 318 g/mol. The largest absolute Gasteiger partial charge is 0.329 e. The van der Waals surface area contributed by atoms with Gasteiger partial charge in [0.25, 0.3) is 0 Å². The van der Waals surface area contributed by atoms with Gasteiger partial charge in [-0.1, -0.05) is 29.6 Å². The van der Waals surface area contributed by atoms with Crippen LogP contribution >= 0.6 is 23.2 Å². The third-order valence-electron chi connectivity index (χ3n) is 4.30. The van der Waals surface area contributed by atoms with E-state index in [2.05, 4.69) is 18.7 Å². The number of halogens is 3. The third kappa shape index (κ3) is 3.11. The molecule has 0 radical (unpaired) electrons. The number of benzene rings is 1. The molecule has 3 unspecified atom stereocenters. The van der Waals surface area contributed by atoms with Crippen molar-refractivity contribution in [2.75, 3.05) is 6.54 Å². The molecule has 0 amide bonds. The van der Waals surface area contributed by atoms with Crippen LogP contribution in [0, 0.1) is 5.82 Å². The molecule has 1 aliphatic rings. The lowest BCUT2D eigenvalue weighted by Gasteiger charge is -2.44. The number of hydrogen-bond acceptors (Lipinski definition) is 2. The molecule has 2 nitrogen and oxygen atoms in total. The van der Waals surface area contributed by atoms with E-state index >= 15 is 0 Å². The van der Waals surface area contributed by atoms with E-state index in [0.29, 0.717) is 23.7 Å². The van der Waals surface area contributed by atoms with E-state index < -0.39 is 5.82 Å². The van der Waals surface area contributed by atoms with Crippen molar-refractivity contribution in [3.8, 4) is 0 Å². The van der Waals surface area contributed by atoms with E-state index in [0.717, 1.165) is 18.4 Å². The molecular formula is C15H21Cl2FN2. The average molecular weight is 319 g/mol. The van der Waals surface area contributed by atoms with E-state index in [1.165, 1.54) is 18.6 Å². The molecule has 0 aliphatic carbocycles. The normalized spacial score (nSPS) is 25.7. The first kappa shape index (κ1) is 16.0. The Morgan fingerprint density at radius 3 is 2.70 bits per heavy atom. The molecule has 1 aliphatic heterocycles. The topological polar surface area (TPSA) is 29.3 Å². The highest BCUT2D eigenvalue weighted by Gasteiger charge is 2.32. The third-order valence-corrected chi connectivity index (χ3v) is 4.92. The van der Waals surface area contributed by atoms with Gasteiger partial charge in [0.15, 0.2) is 0 Å². The van der Waals surface area contributed by atoms with E-state index in [1.54, 1.807) is 0 Å². The molecule has 3 atom stereocenters. The van der Waals surface area contributed by atoms with Gasteiger partial charge in [-0.05, 0) is 44.4 Å². The second-order valence-electron chi connectivity index (χ2n) is 5.58. The molecule has 0 saturated carbocycles. The van der Waals surface area contributed by atoms with Gasteiger partial charge in [-0.15, -0.1) is 0 Å². The van der Waals surface area contributed by atoms with Crippen molar-refractivity contribution in [2.24, 2.45) is 5.73 Å². The zero-order valence-corrected chi connectivity index (χ0v) is 13.4. The molecule has 2 N–H and O–H groups in total. The van der Waals surface area contributed by atoms with Gasteiger partial charge in [-0.2, -0.15) is 0 Å². The van der Waals surface area contributed by atoms with E-state index in [-0.39, 0.29) is 11.1 Å². The zero-order valence-electron chi connectivity index (χ0n) is 11.9. The molecule has 112 valence electrons. The molecule has 1 aromatic rings. The number of nitrogens with zero attached hydrogens (tertiary/aromatic N) is 1. The van der Waals surface area contributed by atoms with Crippen LogP contribution in [0.2, 0.25) is 10.0 Å². The van der Waals surface area contributed by atoms with Gasteiger partial charge < -0.3 is 5.73 Å². The maximum absolute atomic E-state index is 13.7. The van der Waals surface area contributed by atoms with Gasteiger partial charge in [-0.25, -0.2) is 4.39 Å². The van der Waals surface area contributed by atoms with Crippen LogP contribution in [-0.2, 0) is 0 Å². The van der Waals surface area contributed by atoms with Crippen molar-refractivity contribution < 1.29 is 4.39 Å². The predicted molar refractivity (Wildman–Crippen MR) is 82.8 cm³/mol. The lowest BCUT2D eigenvalue weighted by atomic mass is 9.92. The smallest absolute Gasteiger partial charge is 0.142 e. The first-order chi connectivity index (χ1) is 9.45. The van der Waals surface area contributed by atoms with Crippen LogP contribution in [0.15, 0.2) is 12.1 Å². The lowest BCUT2D eigenvalue weighted by molar-refractivity contribution is 0.0569. The molecule has 20 heavy (non-hydrogen) atoms. The highest BCUT2D eigenvalue weighted by Crippen LogP contribution is 2.36. The molecule has 1 heterocycles. The molecule has 1 fully saturated rings. The fraction of sp³-hybridized carbons (Fsp3) is 0.600. The van der Waals surface area contributed by atoms with Crippen LogP contribution in [-0.4, -0.2) is 23.5 Å². The summed E-state index contributed by atoms with van der Waals surface area (Å²) in [4.78, 5) is 2.36. The van der Waals surface area contributed by atoms with Crippen molar-refractivity contribution in [3.05, 3.63) is 33.6 Å². The minimum atomic E-state index is -0.424. The van der Waals surface area contributed by atoms with Gasteiger partial charge in [0.05, 0.1) is 5.02 Å². The summed E-state index contributed by atoms with van der Waals surface area (Å²) in [6.45, 7) is 4.86. The zero-order chi connectivity index (χ0) is 14.9. The SMILES string of the molecule is CC1CCCC(CN)N1C(C)c1cc(F)c(Cl)cc1Cl. The summed E-state index contributed by atoms with van der Waals surface area (Å²) in [5.74, 6) is -0.424. The van der Waals surface area contributed by atoms with Gasteiger partial charge >= 0.3 is 0 Å². The van der Waals surface area contributed by atoms with Crippen LogP contribution in [0.3, 0.4) is 0 Å². The van der Waals surface area contributed by atoms with Crippen molar-refractivity contribution in [1.82, 2.24) is 4.90 Å². The highest BCUT2D eigenvalue weighted by molar-refractivity contribution is 6.35. The minimum absolute atomic E-state index is 0.0260. The van der Waals surface area contributed by atoms with Gasteiger partial charge in [0, 0.05) is 29.7 Å². The van der Waals surface area contributed by atoms with Crippen LogP contribution in [0.1, 0.15) is 44.7 Å². The van der Waals surface area contributed by atoms with Gasteiger partial charge in [-0.3, -0.25) is 4.90 Å². The Bertz CT molecular complexity index is 481. The summed E-state index contributed by atoms with van der Waals surface area (Å²) < 4.78 is 13.7. The summed E-state index contributed by atoms with van der Waals surface area (Å²) in [6, 6.07) is 3.70. The van der Waals surface area contributed by atoms with Gasteiger partial charge in [0.1, 0.15) is 5.82 Å². The Morgan fingerprint density at radius 2 is 2.05 bits per heavy atom. The summed E-state index contributed by atoms with van der Waals surface area (Å²) in [5.41, 5.74) is 6.67. The number of nitrogens with two attached hydrogens (primary N) is 1. The maximum Gasteiger partial charge on any atom is 0.142 e. The van der Waals surface area contributed by atoms with Crippen molar-refractivity contribution in [1.29, 1.82) is 0 Å². The van der Waals surface area contributed by atoms with Crippen molar-refractivity contribution in [2.45, 2.75) is 51.2 Å². The molecule has 5 heteroatoms. The van der Waals surface area contributed by atoms with Crippen LogP contribution in [0.25, 0.3) is 0 Å². The molecule has 0 spiro atoms. The number of likely N-dealkylation sites (tertiary alicyclic amines) is 1. The molecule has 0 aromatic heterocycles. The molecule has 1 aromatic carbocycles. The minimum Gasteiger partial charge on any atom is -0.329 e. The molecular weight excluding hydrogens is 298 g/mol. The number of rotatable bonds is 3. The first-order valence-corrected chi connectivity index (χ1v) is 7.83. The highest BCUT2D eigenvalue weighted by atomic mass is 35.5. The van der Waals surface area contributed by atoms with E-state index in [9.17, 15) is 4.39 Å².